The monoisotopic (exact) mass is 450 g/mol. The number of aromatic amines is 1. The van der Waals surface area contributed by atoms with Crippen LogP contribution in [0, 0.1) is 13.8 Å². The molecule has 2 saturated heterocycles. The summed E-state index contributed by atoms with van der Waals surface area (Å²) in [5, 5.41) is 3.27. The van der Waals surface area contributed by atoms with Crippen LogP contribution in [0.1, 0.15) is 22.5 Å². The Morgan fingerprint density at radius 1 is 0.939 bits per heavy atom. The number of amides is 1. The molecule has 3 aliphatic rings. The van der Waals surface area contributed by atoms with E-state index in [-0.39, 0.29) is 5.91 Å². The molecule has 3 aliphatic heterocycles. The second kappa shape index (κ2) is 10.7. The number of nitrogens with zero attached hydrogens (tertiary/aromatic N) is 4. The van der Waals surface area contributed by atoms with Gasteiger partial charge in [0.05, 0.1) is 17.9 Å². The van der Waals surface area contributed by atoms with E-state index in [9.17, 15) is 4.79 Å². The number of carbonyl (C=O) groups excluding carboxylic acids is 1. The quantitative estimate of drug-likeness (QED) is 0.703. The molecule has 7 nitrogen and oxygen atoms in total. The molecule has 1 amide bonds. The number of likely N-dealkylation sites (N-methyl/N-ethyl adjacent to an activating group) is 2. The summed E-state index contributed by atoms with van der Waals surface area (Å²) < 4.78 is 0. The van der Waals surface area contributed by atoms with Gasteiger partial charge in [0.25, 0.3) is 5.91 Å². The lowest BCUT2D eigenvalue weighted by Crippen LogP contribution is -2.49. The number of carbonyl (C=O) groups is 1. The molecule has 5 rings (SSSR count). The molecule has 4 heterocycles. The normalized spacial score (nSPS) is 21.3. The molecule has 0 aliphatic carbocycles. The average molecular weight is 451 g/mol. The van der Waals surface area contributed by atoms with Gasteiger partial charge in [-0.15, -0.1) is 0 Å². The number of benzene rings is 1. The Morgan fingerprint density at radius 3 is 2.21 bits per heavy atom. The smallest absolute Gasteiger partial charge is 0.260 e. The van der Waals surface area contributed by atoms with E-state index in [1.54, 1.807) is 0 Å². The topological polar surface area (TPSA) is 57.9 Å². The first kappa shape index (κ1) is 23.7. The van der Waals surface area contributed by atoms with Crippen LogP contribution in [0.4, 0.5) is 5.69 Å². The number of H-pyrrole nitrogens is 1. The predicted octanol–water partition coefficient (Wildman–Crippen LogP) is 2.25. The molecule has 0 spiro atoms. The number of piperazine rings is 2. The van der Waals surface area contributed by atoms with Crippen molar-refractivity contribution >= 4 is 23.2 Å². The minimum Gasteiger partial charge on any atom is -0.359 e. The highest BCUT2D eigenvalue weighted by Gasteiger charge is 2.33. The van der Waals surface area contributed by atoms with Gasteiger partial charge in [0.15, 0.2) is 0 Å². The van der Waals surface area contributed by atoms with Gasteiger partial charge in [0.2, 0.25) is 0 Å². The fourth-order valence-corrected chi connectivity index (χ4v) is 4.60. The molecular weight excluding hydrogens is 412 g/mol. The van der Waals surface area contributed by atoms with Crippen molar-refractivity contribution < 1.29 is 4.79 Å². The standard InChI is InChI=1S/C21H26N4O.C5H12N2/c1-15-12-16(2)22-19(15)13-18-17-6-4-5-7-20(17)25(21(18)26)14-24-10-8-23(3)9-11-24;1-7-4-2-6-3-5-7/h4-7,12-13,22H,8-11,14H2,1-3H3;6H,2-5H2,1H3/b18-13-;. The molecule has 33 heavy (non-hydrogen) atoms. The molecule has 1 aromatic carbocycles. The molecule has 1 aromatic heterocycles. The lowest BCUT2D eigenvalue weighted by atomic mass is 10.1. The van der Waals surface area contributed by atoms with Gasteiger partial charge < -0.3 is 20.1 Å². The highest BCUT2D eigenvalue weighted by Crippen LogP contribution is 2.38. The fourth-order valence-electron chi connectivity index (χ4n) is 4.60. The number of aryl methyl sites for hydroxylation is 2. The van der Waals surface area contributed by atoms with Crippen molar-refractivity contribution in [3.8, 4) is 0 Å². The Hall–Kier alpha value is -2.45. The van der Waals surface area contributed by atoms with E-state index in [0.717, 1.165) is 73.0 Å². The van der Waals surface area contributed by atoms with E-state index < -0.39 is 0 Å². The van der Waals surface area contributed by atoms with Gasteiger partial charge in [0.1, 0.15) is 0 Å². The number of para-hydroxylation sites is 1. The lowest BCUT2D eigenvalue weighted by molar-refractivity contribution is -0.113. The molecule has 0 atom stereocenters. The molecule has 2 N–H and O–H groups in total. The van der Waals surface area contributed by atoms with Gasteiger partial charge in [-0.3, -0.25) is 14.6 Å². The number of fused-ring (bicyclic) bond motifs is 1. The van der Waals surface area contributed by atoms with Crippen LogP contribution in [-0.4, -0.2) is 98.7 Å². The summed E-state index contributed by atoms with van der Waals surface area (Å²) in [5.74, 6) is 0.0942. The van der Waals surface area contributed by atoms with E-state index in [1.807, 2.05) is 36.1 Å². The molecule has 7 heteroatoms. The third-order valence-electron chi connectivity index (χ3n) is 6.72. The molecule has 0 radical (unpaired) electrons. The fraction of sp³-hybridized carbons (Fsp3) is 0.500. The van der Waals surface area contributed by atoms with Crippen molar-refractivity contribution in [1.82, 2.24) is 25.0 Å². The first-order valence-electron chi connectivity index (χ1n) is 12.0. The van der Waals surface area contributed by atoms with E-state index in [1.165, 1.54) is 13.1 Å². The summed E-state index contributed by atoms with van der Waals surface area (Å²) in [5.41, 5.74) is 6.11. The van der Waals surface area contributed by atoms with E-state index in [4.69, 9.17) is 0 Å². The van der Waals surface area contributed by atoms with Crippen LogP contribution in [0.25, 0.3) is 11.6 Å². The number of hydrogen-bond donors (Lipinski definition) is 2. The second-order valence-electron chi connectivity index (χ2n) is 9.47. The zero-order valence-corrected chi connectivity index (χ0v) is 20.5. The molecule has 178 valence electrons. The molecule has 0 bridgehead atoms. The van der Waals surface area contributed by atoms with E-state index in [2.05, 4.69) is 58.2 Å². The highest BCUT2D eigenvalue weighted by atomic mass is 16.2. The lowest BCUT2D eigenvalue weighted by Gasteiger charge is -2.34. The summed E-state index contributed by atoms with van der Waals surface area (Å²) in [6, 6.07) is 10.2. The average Bonchev–Trinajstić information content (AvgIpc) is 3.27. The number of rotatable bonds is 3. The molecule has 2 fully saturated rings. The Kier molecular flexibility index (Phi) is 7.65. The van der Waals surface area contributed by atoms with Crippen molar-refractivity contribution in [2.24, 2.45) is 0 Å². The third-order valence-corrected chi connectivity index (χ3v) is 6.72. The van der Waals surface area contributed by atoms with Crippen LogP contribution < -0.4 is 10.2 Å². The van der Waals surface area contributed by atoms with E-state index in [0.29, 0.717) is 6.67 Å². The first-order chi connectivity index (χ1) is 15.9. The van der Waals surface area contributed by atoms with Gasteiger partial charge in [-0.25, -0.2) is 0 Å². The van der Waals surface area contributed by atoms with Crippen molar-refractivity contribution in [2.75, 3.05) is 78.0 Å². The van der Waals surface area contributed by atoms with Crippen molar-refractivity contribution in [2.45, 2.75) is 13.8 Å². The van der Waals surface area contributed by atoms with Crippen LogP contribution in [0.5, 0.6) is 0 Å². The maximum absolute atomic E-state index is 13.2. The van der Waals surface area contributed by atoms with Crippen LogP contribution in [0.3, 0.4) is 0 Å². The number of aromatic nitrogens is 1. The zero-order chi connectivity index (χ0) is 23.4. The summed E-state index contributed by atoms with van der Waals surface area (Å²) in [6.07, 6.45) is 2.01. The van der Waals surface area contributed by atoms with Crippen LogP contribution in [0.2, 0.25) is 0 Å². The van der Waals surface area contributed by atoms with Gasteiger partial charge in [-0.1, -0.05) is 18.2 Å². The van der Waals surface area contributed by atoms with Gasteiger partial charge in [-0.05, 0) is 51.7 Å². The summed E-state index contributed by atoms with van der Waals surface area (Å²) in [4.78, 5) is 25.5. The maximum atomic E-state index is 13.2. The van der Waals surface area contributed by atoms with Crippen molar-refractivity contribution in [1.29, 1.82) is 0 Å². The number of nitrogens with one attached hydrogen (secondary N) is 2. The Balaban J connectivity index is 0.000000318. The predicted molar refractivity (Wildman–Crippen MR) is 136 cm³/mol. The van der Waals surface area contributed by atoms with Gasteiger partial charge >= 0.3 is 0 Å². The molecule has 0 saturated carbocycles. The number of hydrogen-bond acceptors (Lipinski definition) is 5. The Morgan fingerprint density at radius 2 is 1.61 bits per heavy atom. The maximum Gasteiger partial charge on any atom is 0.260 e. The first-order valence-corrected chi connectivity index (χ1v) is 12.0. The summed E-state index contributed by atoms with van der Waals surface area (Å²) in [6.45, 7) is 13.6. The molecular formula is C26H38N6O. The molecule has 0 unspecified atom stereocenters. The Labute approximate surface area is 198 Å². The zero-order valence-electron chi connectivity index (χ0n) is 20.5. The minimum absolute atomic E-state index is 0.0942. The van der Waals surface area contributed by atoms with Crippen LogP contribution >= 0.6 is 0 Å². The number of anilines is 1. The van der Waals surface area contributed by atoms with Gasteiger partial charge in [-0.2, -0.15) is 0 Å². The third kappa shape index (κ3) is 5.73. The van der Waals surface area contributed by atoms with Crippen molar-refractivity contribution in [3.63, 3.8) is 0 Å². The van der Waals surface area contributed by atoms with Crippen LogP contribution in [-0.2, 0) is 4.79 Å². The SMILES string of the molecule is CN1CCNCC1.Cc1cc(C)c(/C=C2\C(=O)N(CN3CCN(C)CC3)c3ccccc32)[nH]1. The highest BCUT2D eigenvalue weighted by molar-refractivity contribution is 6.35. The Bertz CT molecular complexity index is 982. The van der Waals surface area contributed by atoms with Crippen LogP contribution in [0.15, 0.2) is 30.3 Å². The van der Waals surface area contributed by atoms with E-state index >= 15 is 0 Å². The largest absolute Gasteiger partial charge is 0.359 e. The van der Waals surface area contributed by atoms with Gasteiger partial charge in [0, 0.05) is 69.3 Å². The molecule has 2 aromatic rings. The summed E-state index contributed by atoms with van der Waals surface area (Å²) >= 11 is 0. The minimum atomic E-state index is 0.0942. The van der Waals surface area contributed by atoms with Crippen molar-refractivity contribution in [3.05, 3.63) is 52.8 Å². The summed E-state index contributed by atoms with van der Waals surface area (Å²) in [7, 11) is 4.30. The second-order valence-corrected chi connectivity index (χ2v) is 9.47.